The van der Waals surface area contributed by atoms with Gasteiger partial charge in [-0.15, -0.1) is 0 Å². The van der Waals surface area contributed by atoms with Crippen molar-refractivity contribution in [1.82, 2.24) is 15.3 Å². The molecule has 20 heavy (non-hydrogen) atoms. The number of amides is 1. The van der Waals surface area contributed by atoms with Gasteiger partial charge in [0, 0.05) is 16.7 Å². The predicted molar refractivity (Wildman–Crippen MR) is 81.5 cm³/mol. The largest absolute Gasteiger partial charge is 0.348 e. The molecule has 0 bridgehead atoms. The summed E-state index contributed by atoms with van der Waals surface area (Å²) in [6, 6.07) is 9.74. The van der Waals surface area contributed by atoms with Crippen molar-refractivity contribution < 1.29 is 4.79 Å². The van der Waals surface area contributed by atoms with Crippen LogP contribution in [0.2, 0.25) is 0 Å². The van der Waals surface area contributed by atoms with Crippen LogP contribution >= 0.6 is 15.9 Å². The van der Waals surface area contributed by atoms with E-state index in [1.54, 1.807) is 19.2 Å². The number of rotatable bonds is 4. The summed E-state index contributed by atoms with van der Waals surface area (Å²) >= 11 is 3.41. The highest BCUT2D eigenvalue weighted by atomic mass is 79.9. The number of nitrogens with one attached hydrogen (secondary N) is 1. The Morgan fingerprint density at radius 1 is 1.30 bits per heavy atom. The van der Waals surface area contributed by atoms with Gasteiger partial charge in [0.2, 0.25) is 0 Å². The molecule has 0 radical (unpaired) electrons. The molecule has 1 aromatic heterocycles. The summed E-state index contributed by atoms with van der Waals surface area (Å²) in [6.07, 6.45) is 2.37. The van der Waals surface area contributed by atoms with E-state index < -0.39 is 0 Å². The van der Waals surface area contributed by atoms with Gasteiger partial charge in [0.1, 0.15) is 11.5 Å². The molecule has 4 nitrogen and oxygen atoms in total. The maximum absolute atomic E-state index is 12.0. The van der Waals surface area contributed by atoms with Crippen molar-refractivity contribution in [2.24, 2.45) is 0 Å². The Balaban J connectivity index is 1.95. The summed E-state index contributed by atoms with van der Waals surface area (Å²) in [5.74, 6) is 0.429. The number of carbonyl (C=O) groups is 1. The Kier molecular flexibility index (Phi) is 4.84. The Labute approximate surface area is 126 Å². The van der Waals surface area contributed by atoms with E-state index in [1.165, 1.54) is 5.56 Å². The molecule has 1 amide bonds. The van der Waals surface area contributed by atoms with Crippen LogP contribution in [0, 0.1) is 6.92 Å². The number of benzene rings is 1. The zero-order valence-corrected chi connectivity index (χ0v) is 13.0. The standard InChI is InChI=1S/C15H16BrN3O/c1-10(9-12-3-5-13(16)6-4-12)18-15(20)14-7-8-17-11(2)19-14/h3-8,10H,9H2,1-2H3,(H,18,20). The van der Waals surface area contributed by atoms with Gasteiger partial charge in [0.15, 0.2) is 0 Å². The van der Waals surface area contributed by atoms with Gasteiger partial charge in [0.25, 0.3) is 5.91 Å². The van der Waals surface area contributed by atoms with Crippen LogP contribution in [-0.4, -0.2) is 21.9 Å². The van der Waals surface area contributed by atoms with Crippen LogP contribution in [0.4, 0.5) is 0 Å². The van der Waals surface area contributed by atoms with Gasteiger partial charge in [-0.1, -0.05) is 28.1 Å². The van der Waals surface area contributed by atoms with E-state index in [1.807, 2.05) is 31.2 Å². The third kappa shape index (κ3) is 4.13. The maximum Gasteiger partial charge on any atom is 0.270 e. The first-order valence-corrected chi connectivity index (χ1v) is 7.19. The molecule has 1 heterocycles. The number of halogens is 1. The average molecular weight is 334 g/mol. The van der Waals surface area contributed by atoms with Crippen molar-refractivity contribution in [3.05, 3.63) is 58.1 Å². The second kappa shape index (κ2) is 6.61. The first-order valence-electron chi connectivity index (χ1n) is 6.39. The van der Waals surface area contributed by atoms with Crippen LogP contribution in [0.3, 0.4) is 0 Å². The molecule has 104 valence electrons. The molecular formula is C15H16BrN3O. The van der Waals surface area contributed by atoms with Crippen LogP contribution in [0.15, 0.2) is 41.0 Å². The Morgan fingerprint density at radius 3 is 2.65 bits per heavy atom. The van der Waals surface area contributed by atoms with Crippen LogP contribution in [-0.2, 0) is 6.42 Å². The monoisotopic (exact) mass is 333 g/mol. The summed E-state index contributed by atoms with van der Waals surface area (Å²) in [7, 11) is 0. The Morgan fingerprint density at radius 2 is 2.00 bits per heavy atom. The minimum atomic E-state index is -0.167. The zero-order valence-electron chi connectivity index (χ0n) is 11.4. The molecule has 2 aromatic rings. The number of hydrogen-bond acceptors (Lipinski definition) is 3. The smallest absolute Gasteiger partial charge is 0.270 e. The van der Waals surface area contributed by atoms with Crippen LogP contribution in [0.1, 0.15) is 28.8 Å². The summed E-state index contributed by atoms with van der Waals surface area (Å²) in [5, 5.41) is 2.95. The van der Waals surface area contributed by atoms with E-state index >= 15 is 0 Å². The molecule has 0 spiro atoms. The summed E-state index contributed by atoms with van der Waals surface area (Å²) in [5.41, 5.74) is 1.58. The normalized spacial score (nSPS) is 11.9. The van der Waals surface area contributed by atoms with Crippen molar-refractivity contribution in [1.29, 1.82) is 0 Å². The maximum atomic E-state index is 12.0. The fourth-order valence-corrected chi connectivity index (χ4v) is 2.17. The quantitative estimate of drug-likeness (QED) is 0.935. The lowest BCUT2D eigenvalue weighted by Gasteiger charge is -2.13. The van der Waals surface area contributed by atoms with E-state index in [4.69, 9.17) is 0 Å². The Bertz CT molecular complexity index is 598. The summed E-state index contributed by atoms with van der Waals surface area (Å²) < 4.78 is 1.05. The van der Waals surface area contributed by atoms with Crippen molar-refractivity contribution >= 4 is 21.8 Å². The molecular weight excluding hydrogens is 318 g/mol. The van der Waals surface area contributed by atoms with E-state index in [9.17, 15) is 4.79 Å². The van der Waals surface area contributed by atoms with Gasteiger partial charge in [0.05, 0.1) is 0 Å². The van der Waals surface area contributed by atoms with Crippen molar-refractivity contribution in [3.8, 4) is 0 Å². The number of nitrogens with zero attached hydrogens (tertiary/aromatic N) is 2. The lowest BCUT2D eigenvalue weighted by Crippen LogP contribution is -2.34. The van der Waals surface area contributed by atoms with E-state index in [-0.39, 0.29) is 11.9 Å². The third-order valence-corrected chi connectivity index (χ3v) is 3.37. The molecule has 2 rings (SSSR count). The Hall–Kier alpha value is -1.75. The van der Waals surface area contributed by atoms with E-state index in [0.29, 0.717) is 11.5 Å². The second-order valence-corrected chi connectivity index (χ2v) is 5.61. The number of aryl methyl sites for hydroxylation is 1. The molecule has 5 heteroatoms. The minimum Gasteiger partial charge on any atom is -0.348 e. The molecule has 1 N–H and O–H groups in total. The molecule has 1 unspecified atom stereocenters. The van der Waals surface area contributed by atoms with Gasteiger partial charge in [-0.05, 0) is 44.0 Å². The molecule has 1 atom stereocenters. The van der Waals surface area contributed by atoms with Crippen molar-refractivity contribution in [2.45, 2.75) is 26.3 Å². The minimum absolute atomic E-state index is 0.0407. The van der Waals surface area contributed by atoms with Gasteiger partial charge < -0.3 is 5.32 Å². The zero-order chi connectivity index (χ0) is 14.5. The topological polar surface area (TPSA) is 54.9 Å². The summed E-state index contributed by atoms with van der Waals surface area (Å²) in [4.78, 5) is 20.1. The number of hydrogen-bond donors (Lipinski definition) is 1. The van der Waals surface area contributed by atoms with Gasteiger partial charge in [-0.3, -0.25) is 4.79 Å². The fraction of sp³-hybridized carbons (Fsp3) is 0.267. The summed E-state index contributed by atoms with van der Waals surface area (Å²) in [6.45, 7) is 3.75. The lowest BCUT2D eigenvalue weighted by molar-refractivity contribution is 0.0934. The lowest BCUT2D eigenvalue weighted by atomic mass is 10.1. The van der Waals surface area contributed by atoms with Crippen LogP contribution in [0.5, 0.6) is 0 Å². The SMILES string of the molecule is Cc1nccc(C(=O)NC(C)Cc2ccc(Br)cc2)n1. The first-order chi connectivity index (χ1) is 9.54. The molecule has 0 aliphatic carbocycles. The number of carbonyl (C=O) groups excluding carboxylic acids is 1. The first kappa shape index (κ1) is 14.7. The molecule has 0 aliphatic rings. The van der Waals surface area contributed by atoms with Crippen LogP contribution in [0.25, 0.3) is 0 Å². The highest BCUT2D eigenvalue weighted by Gasteiger charge is 2.11. The molecule has 0 saturated carbocycles. The fourth-order valence-electron chi connectivity index (χ4n) is 1.91. The van der Waals surface area contributed by atoms with Gasteiger partial charge in [-0.25, -0.2) is 9.97 Å². The van der Waals surface area contributed by atoms with E-state index in [0.717, 1.165) is 10.9 Å². The second-order valence-electron chi connectivity index (χ2n) is 4.69. The van der Waals surface area contributed by atoms with Crippen LogP contribution < -0.4 is 5.32 Å². The average Bonchev–Trinajstić information content (AvgIpc) is 2.41. The molecule has 1 aromatic carbocycles. The molecule has 0 saturated heterocycles. The molecule has 0 fully saturated rings. The van der Waals surface area contributed by atoms with Gasteiger partial charge in [-0.2, -0.15) is 0 Å². The highest BCUT2D eigenvalue weighted by molar-refractivity contribution is 9.10. The number of aromatic nitrogens is 2. The molecule has 0 aliphatic heterocycles. The highest BCUT2D eigenvalue weighted by Crippen LogP contribution is 2.12. The predicted octanol–water partition coefficient (Wildman–Crippen LogP) is 2.91. The van der Waals surface area contributed by atoms with E-state index in [2.05, 4.69) is 31.2 Å². The van der Waals surface area contributed by atoms with Gasteiger partial charge >= 0.3 is 0 Å². The van der Waals surface area contributed by atoms with Crippen molar-refractivity contribution in [2.75, 3.05) is 0 Å². The third-order valence-electron chi connectivity index (χ3n) is 2.84. The van der Waals surface area contributed by atoms with Crippen molar-refractivity contribution in [3.63, 3.8) is 0 Å².